The summed E-state index contributed by atoms with van der Waals surface area (Å²) in [5, 5.41) is 7.47. The Hall–Kier alpha value is -1.81. The molecule has 0 unspecified atom stereocenters. The normalized spacial score (nSPS) is 10.4. The summed E-state index contributed by atoms with van der Waals surface area (Å²) in [7, 11) is 0. The van der Waals surface area contributed by atoms with Gasteiger partial charge in [-0.2, -0.15) is 0 Å². The van der Waals surface area contributed by atoms with Crippen molar-refractivity contribution in [2.75, 3.05) is 0 Å². The first-order chi connectivity index (χ1) is 9.09. The number of benzene rings is 2. The molecule has 2 aromatic rings. The number of halogens is 1. The fourth-order valence-electron chi connectivity index (χ4n) is 1.81. The number of nitrogen functional groups attached to an aromatic ring is 1. The van der Waals surface area contributed by atoms with Crippen LogP contribution in [0.1, 0.15) is 16.7 Å². The maximum Gasteiger partial charge on any atom is 0.135 e. The molecule has 19 heavy (non-hydrogen) atoms. The summed E-state index contributed by atoms with van der Waals surface area (Å²) in [5.41, 5.74) is 8.04. The van der Waals surface area contributed by atoms with Crippen LogP contribution >= 0.6 is 11.8 Å². The van der Waals surface area contributed by atoms with E-state index in [1.165, 1.54) is 29.0 Å². The van der Waals surface area contributed by atoms with Crippen LogP contribution in [0.25, 0.3) is 0 Å². The topological polar surface area (TPSA) is 49.9 Å². The highest BCUT2D eigenvalue weighted by Gasteiger charge is 2.11. The Balaban J connectivity index is 2.23. The predicted molar refractivity (Wildman–Crippen MR) is 78.2 cm³/mol. The zero-order valence-electron chi connectivity index (χ0n) is 10.6. The number of hydrogen-bond acceptors (Lipinski definition) is 2. The Morgan fingerprint density at radius 3 is 2.63 bits per heavy atom. The maximum atomic E-state index is 13.7. The number of rotatable bonds is 4. The second kappa shape index (κ2) is 5.89. The van der Waals surface area contributed by atoms with Gasteiger partial charge in [0.15, 0.2) is 0 Å². The van der Waals surface area contributed by atoms with Crippen molar-refractivity contribution in [2.45, 2.75) is 17.6 Å². The maximum absolute atomic E-state index is 13.7. The van der Waals surface area contributed by atoms with Crippen LogP contribution in [0, 0.1) is 18.2 Å². The number of nitrogens with two attached hydrogens (primary N) is 1. The van der Waals surface area contributed by atoms with E-state index < -0.39 is 5.82 Å². The van der Waals surface area contributed by atoms with Gasteiger partial charge in [-0.3, -0.25) is 5.41 Å². The van der Waals surface area contributed by atoms with Gasteiger partial charge < -0.3 is 5.73 Å². The van der Waals surface area contributed by atoms with E-state index in [0.717, 1.165) is 5.75 Å². The van der Waals surface area contributed by atoms with Gasteiger partial charge in [-0.15, -0.1) is 11.8 Å². The van der Waals surface area contributed by atoms with E-state index in [1.54, 1.807) is 12.1 Å². The van der Waals surface area contributed by atoms with Gasteiger partial charge in [-0.05, 0) is 30.2 Å². The summed E-state index contributed by atoms with van der Waals surface area (Å²) in [6.07, 6.45) is 0. The molecule has 0 saturated carbocycles. The third-order valence-corrected chi connectivity index (χ3v) is 4.00. The van der Waals surface area contributed by atoms with Crippen LogP contribution in [0.15, 0.2) is 47.4 Å². The molecule has 3 N–H and O–H groups in total. The highest BCUT2D eigenvalue weighted by Crippen LogP contribution is 2.28. The van der Waals surface area contributed by atoms with Crippen molar-refractivity contribution in [3.63, 3.8) is 0 Å². The quantitative estimate of drug-likeness (QED) is 0.507. The summed E-state index contributed by atoms with van der Waals surface area (Å²) < 4.78 is 13.7. The minimum atomic E-state index is -0.442. The SMILES string of the molecule is Cc1ccccc1CSc1cccc(F)c1C(=N)N. The average molecular weight is 274 g/mol. The molecule has 0 spiro atoms. The lowest BCUT2D eigenvalue weighted by Crippen LogP contribution is -2.14. The number of nitrogens with one attached hydrogen (secondary N) is 1. The Morgan fingerprint density at radius 2 is 1.95 bits per heavy atom. The molecule has 0 radical (unpaired) electrons. The zero-order valence-corrected chi connectivity index (χ0v) is 11.4. The number of hydrogen-bond donors (Lipinski definition) is 2. The van der Waals surface area contributed by atoms with Crippen LogP contribution in [-0.2, 0) is 5.75 Å². The Morgan fingerprint density at radius 1 is 1.21 bits per heavy atom. The monoisotopic (exact) mass is 274 g/mol. The van der Waals surface area contributed by atoms with Crippen LogP contribution in [-0.4, -0.2) is 5.84 Å². The summed E-state index contributed by atoms with van der Waals surface area (Å²) in [5.74, 6) is 0.0591. The lowest BCUT2D eigenvalue weighted by molar-refractivity contribution is 0.621. The van der Waals surface area contributed by atoms with Crippen LogP contribution in [0.2, 0.25) is 0 Å². The van der Waals surface area contributed by atoms with Crippen molar-refractivity contribution >= 4 is 17.6 Å². The molecule has 0 amide bonds. The third kappa shape index (κ3) is 3.15. The number of thioether (sulfide) groups is 1. The van der Waals surface area contributed by atoms with Crippen LogP contribution < -0.4 is 5.73 Å². The van der Waals surface area contributed by atoms with Crippen LogP contribution in [0.4, 0.5) is 4.39 Å². The predicted octanol–water partition coefficient (Wildman–Crippen LogP) is 3.71. The molecular weight excluding hydrogens is 259 g/mol. The van der Waals surface area contributed by atoms with Gasteiger partial charge in [0.2, 0.25) is 0 Å². The smallest absolute Gasteiger partial charge is 0.135 e. The van der Waals surface area contributed by atoms with Gasteiger partial charge >= 0.3 is 0 Å². The first kappa shape index (κ1) is 13.6. The first-order valence-corrected chi connectivity index (χ1v) is 6.88. The molecule has 0 bridgehead atoms. The van der Waals surface area contributed by atoms with Crippen molar-refractivity contribution in [3.8, 4) is 0 Å². The molecule has 2 nitrogen and oxygen atoms in total. The van der Waals surface area contributed by atoms with Gasteiger partial charge in [0.1, 0.15) is 11.7 Å². The number of aryl methyl sites for hydroxylation is 1. The molecular formula is C15H15FN2S. The van der Waals surface area contributed by atoms with E-state index in [1.807, 2.05) is 25.1 Å². The van der Waals surface area contributed by atoms with Gasteiger partial charge in [0.25, 0.3) is 0 Å². The van der Waals surface area contributed by atoms with Crippen LogP contribution in [0.5, 0.6) is 0 Å². The number of amidine groups is 1. The van der Waals surface area contributed by atoms with Gasteiger partial charge in [-0.25, -0.2) is 4.39 Å². The lowest BCUT2D eigenvalue weighted by Gasteiger charge is -2.10. The second-order valence-electron chi connectivity index (χ2n) is 4.24. The molecule has 0 aliphatic carbocycles. The van der Waals surface area contributed by atoms with Crippen molar-refractivity contribution in [1.82, 2.24) is 0 Å². The van der Waals surface area contributed by atoms with Crippen LogP contribution in [0.3, 0.4) is 0 Å². The Kier molecular flexibility index (Phi) is 4.22. The fourth-order valence-corrected chi connectivity index (χ4v) is 2.98. The molecule has 2 rings (SSSR count). The van der Waals surface area contributed by atoms with Gasteiger partial charge in [0.05, 0.1) is 5.56 Å². The minimum absolute atomic E-state index is 0.195. The minimum Gasteiger partial charge on any atom is -0.384 e. The average Bonchev–Trinajstić information content (AvgIpc) is 2.37. The van der Waals surface area contributed by atoms with Crippen molar-refractivity contribution in [3.05, 3.63) is 65.0 Å². The molecule has 98 valence electrons. The van der Waals surface area contributed by atoms with Crippen molar-refractivity contribution in [1.29, 1.82) is 5.41 Å². The summed E-state index contributed by atoms with van der Waals surface area (Å²) in [6.45, 7) is 2.05. The van der Waals surface area contributed by atoms with E-state index in [0.29, 0.717) is 4.90 Å². The first-order valence-electron chi connectivity index (χ1n) is 5.90. The summed E-state index contributed by atoms with van der Waals surface area (Å²) in [4.78, 5) is 0.704. The lowest BCUT2D eigenvalue weighted by atomic mass is 10.1. The summed E-state index contributed by atoms with van der Waals surface area (Å²) >= 11 is 1.50. The van der Waals surface area contributed by atoms with Gasteiger partial charge in [-0.1, -0.05) is 30.3 Å². The Bertz CT molecular complexity index is 611. The highest BCUT2D eigenvalue weighted by molar-refractivity contribution is 7.98. The largest absolute Gasteiger partial charge is 0.384 e. The van der Waals surface area contributed by atoms with E-state index in [9.17, 15) is 4.39 Å². The van der Waals surface area contributed by atoms with Gasteiger partial charge in [0, 0.05) is 10.6 Å². The van der Waals surface area contributed by atoms with Crippen molar-refractivity contribution in [2.24, 2.45) is 5.73 Å². The molecule has 0 saturated heterocycles. The fraction of sp³-hybridized carbons (Fsp3) is 0.133. The molecule has 2 aromatic carbocycles. The standard InChI is InChI=1S/C15H15FN2S/c1-10-5-2-3-6-11(10)9-19-13-8-4-7-12(16)14(13)15(17)18/h2-8H,9H2,1H3,(H3,17,18). The Labute approximate surface area is 116 Å². The molecule has 0 aromatic heterocycles. The van der Waals surface area contributed by atoms with E-state index in [4.69, 9.17) is 11.1 Å². The van der Waals surface area contributed by atoms with Crippen molar-refractivity contribution < 1.29 is 4.39 Å². The van der Waals surface area contributed by atoms with E-state index in [2.05, 4.69) is 6.07 Å². The summed E-state index contributed by atoms with van der Waals surface area (Å²) in [6, 6.07) is 12.8. The van der Waals surface area contributed by atoms with E-state index >= 15 is 0 Å². The third-order valence-electron chi connectivity index (χ3n) is 2.89. The molecule has 0 fully saturated rings. The molecule has 4 heteroatoms. The highest BCUT2D eigenvalue weighted by atomic mass is 32.2. The molecule has 0 aliphatic heterocycles. The zero-order chi connectivity index (χ0) is 13.8. The van der Waals surface area contributed by atoms with E-state index in [-0.39, 0.29) is 11.4 Å². The molecule has 0 aliphatic rings. The molecule has 0 heterocycles. The molecule has 0 atom stereocenters. The second-order valence-corrected chi connectivity index (χ2v) is 5.26.